The largest absolute Gasteiger partial charge is 0.443 e. The molecule has 6 nitrogen and oxygen atoms in total. The van der Waals surface area contributed by atoms with E-state index in [-0.39, 0.29) is 5.91 Å². The van der Waals surface area contributed by atoms with E-state index in [0.29, 0.717) is 16.8 Å². The van der Waals surface area contributed by atoms with Gasteiger partial charge in [-0.1, -0.05) is 30.3 Å². The molecule has 142 valence electrons. The van der Waals surface area contributed by atoms with E-state index in [1.165, 1.54) is 4.90 Å². The first-order valence-corrected chi connectivity index (χ1v) is 9.07. The van der Waals surface area contributed by atoms with Crippen LogP contribution in [0.4, 0.5) is 10.5 Å². The van der Waals surface area contributed by atoms with Crippen LogP contribution in [0.2, 0.25) is 0 Å². The summed E-state index contributed by atoms with van der Waals surface area (Å²) in [5, 5.41) is 0. The average molecular weight is 367 g/mol. The quantitative estimate of drug-likeness (QED) is 0.824. The SMILES string of the molecule is CN(C(=O)OC(C)(C)C)c1cncc(-c2ccccc2)c1C(=O)N1CCC1. The Kier molecular flexibility index (Phi) is 5.17. The van der Waals surface area contributed by atoms with Gasteiger partial charge in [0.1, 0.15) is 5.60 Å². The lowest BCUT2D eigenvalue weighted by Gasteiger charge is -2.33. The third-order valence-electron chi connectivity index (χ3n) is 4.40. The highest BCUT2D eigenvalue weighted by Crippen LogP contribution is 2.32. The summed E-state index contributed by atoms with van der Waals surface area (Å²) in [6, 6.07) is 9.61. The van der Waals surface area contributed by atoms with Gasteiger partial charge in [0, 0.05) is 31.9 Å². The van der Waals surface area contributed by atoms with Crippen LogP contribution in [0.15, 0.2) is 42.7 Å². The molecule has 2 aromatic rings. The molecule has 1 aliphatic heterocycles. The van der Waals surface area contributed by atoms with Crippen LogP contribution in [0.3, 0.4) is 0 Å². The van der Waals surface area contributed by atoms with Crippen molar-refractivity contribution in [3.05, 3.63) is 48.3 Å². The van der Waals surface area contributed by atoms with Crippen molar-refractivity contribution in [3.8, 4) is 11.1 Å². The van der Waals surface area contributed by atoms with Gasteiger partial charge >= 0.3 is 6.09 Å². The molecular weight excluding hydrogens is 342 g/mol. The summed E-state index contributed by atoms with van der Waals surface area (Å²) in [6.45, 7) is 6.88. The predicted molar refractivity (Wildman–Crippen MR) is 105 cm³/mol. The van der Waals surface area contributed by atoms with Crippen molar-refractivity contribution < 1.29 is 14.3 Å². The Morgan fingerprint density at radius 3 is 2.33 bits per heavy atom. The molecule has 2 heterocycles. The Bertz CT molecular complexity index is 839. The lowest BCUT2D eigenvalue weighted by molar-refractivity contribution is 0.0589. The summed E-state index contributed by atoms with van der Waals surface area (Å²) in [6.07, 6.45) is 3.69. The topological polar surface area (TPSA) is 62.7 Å². The van der Waals surface area contributed by atoms with Crippen LogP contribution < -0.4 is 4.90 Å². The van der Waals surface area contributed by atoms with Gasteiger partial charge in [-0.3, -0.25) is 14.7 Å². The molecule has 6 heteroatoms. The fraction of sp³-hybridized carbons (Fsp3) is 0.381. The van der Waals surface area contributed by atoms with E-state index in [4.69, 9.17) is 4.74 Å². The fourth-order valence-corrected chi connectivity index (χ4v) is 2.87. The van der Waals surface area contributed by atoms with Gasteiger partial charge in [0.25, 0.3) is 5.91 Å². The van der Waals surface area contributed by atoms with Gasteiger partial charge in [-0.05, 0) is 32.8 Å². The van der Waals surface area contributed by atoms with Gasteiger partial charge in [0.2, 0.25) is 0 Å². The van der Waals surface area contributed by atoms with Crippen molar-refractivity contribution in [1.29, 1.82) is 0 Å². The van der Waals surface area contributed by atoms with Crippen molar-refractivity contribution in [2.75, 3.05) is 25.0 Å². The number of carbonyl (C=O) groups is 2. The molecule has 1 aromatic heterocycles. The number of nitrogens with zero attached hydrogens (tertiary/aromatic N) is 3. The molecule has 2 amide bonds. The van der Waals surface area contributed by atoms with E-state index in [0.717, 1.165) is 25.1 Å². The maximum absolute atomic E-state index is 13.2. The van der Waals surface area contributed by atoms with E-state index < -0.39 is 11.7 Å². The molecule has 0 saturated carbocycles. The zero-order valence-corrected chi connectivity index (χ0v) is 16.2. The van der Waals surface area contributed by atoms with Crippen molar-refractivity contribution in [3.63, 3.8) is 0 Å². The highest BCUT2D eigenvalue weighted by Gasteiger charge is 2.30. The molecule has 0 bridgehead atoms. The zero-order chi connectivity index (χ0) is 19.6. The number of ether oxygens (including phenoxy) is 1. The molecule has 1 saturated heterocycles. The second-order valence-corrected chi connectivity index (χ2v) is 7.63. The molecule has 1 aromatic carbocycles. The van der Waals surface area contributed by atoms with E-state index in [2.05, 4.69) is 4.98 Å². The van der Waals surface area contributed by atoms with Gasteiger partial charge < -0.3 is 9.64 Å². The Hall–Kier alpha value is -2.89. The summed E-state index contributed by atoms with van der Waals surface area (Å²) in [5.74, 6) is -0.0899. The third-order valence-corrected chi connectivity index (χ3v) is 4.40. The molecule has 27 heavy (non-hydrogen) atoms. The van der Waals surface area contributed by atoms with E-state index in [1.807, 2.05) is 51.1 Å². The molecular formula is C21H25N3O3. The number of rotatable bonds is 3. The second kappa shape index (κ2) is 7.39. The summed E-state index contributed by atoms with van der Waals surface area (Å²) in [5.41, 5.74) is 1.89. The van der Waals surface area contributed by atoms with Crippen molar-refractivity contribution in [1.82, 2.24) is 9.88 Å². The first-order valence-electron chi connectivity index (χ1n) is 9.07. The van der Waals surface area contributed by atoms with E-state index in [1.54, 1.807) is 24.3 Å². The van der Waals surface area contributed by atoms with Crippen LogP contribution in [0.1, 0.15) is 37.6 Å². The van der Waals surface area contributed by atoms with Crippen molar-refractivity contribution in [2.24, 2.45) is 0 Å². The number of carbonyl (C=O) groups excluding carboxylic acids is 2. The molecule has 0 unspecified atom stereocenters. The van der Waals surface area contributed by atoms with Gasteiger partial charge in [-0.2, -0.15) is 0 Å². The smallest absolute Gasteiger partial charge is 0.414 e. The monoisotopic (exact) mass is 367 g/mol. The minimum atomic E-state index is -0.628. The number of hydrogen-bond donors (Lipinski definition) is 0. The van der Waals surface area contributed by atoms with Gasteiger partial charge in [0.15, 0.2) is 0 Å². The highest BCUT2D eigenvalue weighted by atomic mass is 16.6. The molecule has 0 N–H and O–H groups in total. The molecule has 1 aliphatic rings. The van der Waals surface area contributed by atoms with Crippen molar-refractivity contribution >= 4 is 17.7 Å². The van der Waals surface area contributed by atoms with Gasteiger partial charge in [-0.25, -0.2) is 4.79 Å². The van der Waals surface area contributed by atoms with Crippen LogP contribution in [0, 0.1) is 0 Å². The number of amides is 2. The number of pyridine rings is 1. The summed E-state index contributed by atoms with van der Waals surface area (Å²) in [7, 11) is 1.60. The summed E-state index contributed by atoms with van der Waals surface area (Å²) >= 11 is 0. The predicted octanol–water partition coefficient (Wildman–Crippen LogP) is 3.97. The number of hydrogen-bond acceptors (Lipinski definition) is 4. The Labute approximate surface area is 159 Å². The maximum atomic E-state index is 13.2. The standard InChI is InChI=1S/C21H25N3O3/c1-21(2,3)27-20(26)23(4)17-14-22-13-16(15-9-6-5-7-10-15)18(17)19(25)24-11-8-12-24/h5-7,9-10,13-14H,8,11-12H2,1-4H3. The lowest BCUT2D eigenvalue weighted by Crippen LogP contribution is -2.43. The normalized spacial score (nSPS) is 13.7. The van der Waals surface area contributed by atoms with Crippen molar-refractivity contribution in [2.45, 2.75) is 32.8 Å². The summed E-state index contributed by atoms with van der Waals surface area (Å²) in [4.78, 5) is 33.2. The Balaban J connectivity index is 2.07. The lowest BCUT2D eigenvalue weighted by atomic mass is 9.98. The minimum absolute atomic E-state index is 0.0899. The molecule has 1 fully saturated rings. The first-order chi connectivity index (χ1) is 12.8. The minimum Gasteiger partial charge on any atom is -0.443 e. The number of likely N-dealkylation sites (tertiary alicyclic amines) is 1. The van der Waals surface area contributed by atoms with Crippen LogP contribution >= 0.6 is 0 Å². The van der Waals surface area contributed by atoms with Crippen LogP contribution in [0.5, 0.6) is 0 Å². The Morgan fingerprint density at radius 1 is 1.11 bits per heavy atom. The maximum Gasteiger partial charge on any atom is 0.414 e. The third kappa shape index (κ3) is 4.10. The highest BCUT2D eigenvalue weighted by molar-refractivity contribution is 6.08. The van der Waals surface area contributed by atoms with Gasteiger partial charge in [0.05, 0.1) is 17.4 Å². The molecule has 0 atom stereocenters. The fourth-order valence-electron chi connectivity index (χ4n) is 2.87. The van der Waals surface area contributed by atoms with Crippen LogP contribution in [-0.4, -0.2) is 47.6 Å². The van der Waals surface area contributed by atoms with Crippen LogP contribution in [0.25, 0.3) is 11.1 Å². The second-order valence-electron chi connectivity index (χ2n) is 7.63. The average Bonchev–Trinajstić information content (AvgIpc) is 2.58. The molecule has 0 radical (unpaired) electrons. The summed E-state index contributed by atoms with van der Waals surface area (Å²) < 4.78 is 5.47. The zero-order valence-electron chi connectivity index (χ0n) is 16.2. The number of anilines is 1. The van der Waals surface area contributed by atoms with E-state index in [9.17, 15) is 9.59 Å². The molecule has 3 rings (SSSR count). The van der Waals surface area contributed by atoms with E-state index >= 15 is 0 Å². The first kappa shape index (κ1) is 18.9. The van der Waals surface area contributed by atoms with Gasteiger partial charge in [-0.15, -0.1) is 0 Å². The molecule has 0 spiro atoms. The molecule has 0 aliphatic carbocycles. The van der Waals surface area contributed by atoms with Crippen LogP contribution in [-0.2, 0) is 4.74 Å². The Morgan fingerprint density at radius 2 is 1.78 bits per heavy atom. The number of aromatic nitrogens is 1. The number of benzene rings is 1.